The van der Waals surface area contributed by atoms with Crippen LogP contribution in [-0.2, 0) is 13.6 Å². The molecule has 1 N–H and O–H groups in total. The van der Waals surface area contributed by atoms with E-state index in [1.54, 1.807) is 17.9 Å². The summed E-state index contributed by atoms with van der Waals surface area (Å²) in [6.07, 6.45) is 1.80. The molecular formula is C12H12F3N3. The topological polar surface area (TPSA) is 29.9 Å². The van der Waals surface area contributed by atoms with Gasteiger partial charge in [0.2, 0.25) is 0 Å². The molecule has 1 aromatic heterocycles. The van der Waals surface area contributed by atoms with E-state index in [0.717, 1.165) is 23.4 Å². The van der Waals surface area contributed by atoms with Crippen LogP contribution in [0, 0.1) is 24.4 Å². The van der Waals surface area contributed by atoms with Gasteiger partial charge in [0.25, 0.3) is 0 Å². The summed E-state index contributed by atoms with van der Waals surface area (Å²) in [7, 11) is 1.79. The Balaban J connectivity index is 2.13. The summed E-state index contributed by atoms with van der Waals surface area (Å²) in [5.41, 5.74) is 1.92. The Bertz CT molecular complexity index is 555. The van der Waals surface area contributed by atoms with Gasteiger partial charge < -0.3 is 5.32 Å². The Kier molecular flexibility index (Phi) is 3.27. The molecule has 0 aliphatic rings. The van der Waals surface area contributed by atoms with Gasteiger partial charge >= 0.3 is 0 Å². The normalized spacial score (nSPS) is 10.7. The third-order valence-corrected chi connectivity index (χ3v) is 2.58. The van der Waals surface area contributed by atoms with Gasteiger partial charge in [-0.25, -0.2) is 13.2 Å². The second-order valence-electron chi connectivity index (χ2n) is 4.02. The van der Waals surface area contributed by atoms with Gasteiger partial charge in [0.1, 0.15) is 0 Å². The van der Waals surface area contributed by atoms with E-state index in [9.17, 15) is 13.2 Å². The second kappa shape index (κ2) is 4.72. The molecule has 18 heavy (non-hydrogen) atoms. The summed E-state index contributed by atoms with van der Waals surface area (Å²) >= 11 is 0. The van der Waals surface area contributed by atoms with E-state index in [-0.39, 0.29) is 5.69 Å². The molecule has 96 valence electrons. The van der Waals surface area contributed by atoms with Gasteiger partial charge in [0.15, 0.2) is 17.5 Å². The molecule has 0 fully saturated rings. The third-order valence-electron chi connectivity index (χ3n) is 2.58. The lowest BCUT2D eigenvalue weighted by Crippen LogP contribution is -2.02. The predicted molar refractivity (Wildman–Crippen MR) is 61.6 cm³/mol. The van der Waals surface area contributed by atoms with Crippen molar-refractivity contribution in [2.45, 2.75) is 13.5 Å². The van der Waals surface area contributed by atoms with Crippen LogP contribution < -0.4 is 5.32 Å². The molecule has 0 bridgehead atoms. The monoisotopic (exact) mass is 255 g/mol. The number of hydrogen-bond donors (Lipinski definition) is 1. The molecule has 6 heteroatoms. The van der Waals surface area contributed by atoms with Gasteiger partial charge in [0, 0.05) is 43.2 Å². The van der Waals surface area contributed by atoms with Crippen molar-refractivity contribution in [3.8, 4) is 0 Å². The van der Waals surface area contributed by atoms with E-state index in [1.807, 2.05) is 6.92 Å². The highest BCUT2D eigenvalue weighted by atomic mass is 19.2. The lowest BCUT2D eigenvalue weighted by Gasteiger charge is -2.06. The highest BCUT2D eigenvalue weighted by Gasteiger charge is 2.10. The fourth-order valence-corrected chi connectivity index (χ4v) is 1.68. The van der Waals surface area contributed by atoms with E-state index in [0.29, 0.717) is 6.54 Å². The van der Waals surface area contributed by atoms with Crippen LogP contribution in [0.3, 0.4) is 0 Å². The number of benzene rings is 1. The number of aryl methyl sites for hydroxylation is 2. The number of nitrogens with one attached hydrogen (secondary N) is 1. The van der Waals surface area contributed by atoms with Crippen LogP contribution in [0.5, 0.6) is 0 Å². The van der Waals surface area contributed by atoms with E-state index in [2.05, 4.69) is 10.4 Å². The van der Waals surface area contributed by atoms with Crippen molar-refractivity contribution in [3.05, 3.63) is 47.0 Å². The summed E-state index contributed by atoms with van der Waals surface area (Å²) in [5.74, 6) is -3.88. The van der Waals surface area contributed by atoms with Gasteiger partial charge in [-0.1, -0.05) is 0 Å². The van der Waals surface area contributed by atoms with Crippen molar-refractivity contribution in [2.24, 2.45) is 7.05 Å². The Labute approximate surface area is 102 Å². The van der Waals surface area contributed by atoms with Crippen LogP contribution in [0.2, 0.25) is 0 Å². The molecule has 0 saturated carbocycles. The molecule has 0 atom stereocenters. The molecule has 0 radical (unpaired) electrons. The molecule has 0 amide bonds. The summed E-state index contributed by atoms with van der Waals surface area (Å²) in [6, 6.07) is 1.84. The minimum Gasteiger partial charge on any atom is -0.381 e. The molecule has 0 unspecified atom stereocenters. The highest BCUT2D eigenvalue weighted by molar-refractivity contribution is 5.44. The first kappa shape index (κ1) is 12.5. The number of aromatic nitrogens is 2. The van der Waals surface area contributed by atoms with Crippen molar-refractivity contribution >= 4 is 5.69 Å². The molecular weight excluding hydrogens is 243 g/mol. The smallest absolute Gasteiger partial charge is 0.194 e. The van der Waals surface area contributed by atoms with Crippen LogP contribution in [-0.4, -0.2) is 9.78 Å². The molecule has 0 aliphatic carbocycles. The first-order valence-corrected chi connectivity index (χ1v) is 5.35. The van der Waals surface area contributed by atoms with Gasteiger partial charge in [-0.15, -0.1) is 0 Å². The number of rotatable bonds is 3. The van der Waals surface area contributed by atoms with Crippen LogP contribution >= 0.6 is 0 Å². The van der Waals surface area contributed by atoms with E-state index >= 15 is 0 Å². The summed E-state index contributed by atoms with van der Waals surface area (Å²) in [6.45, 7) is 2.20. The summed E-state index contributed by atoms with van der Waals surface area (Å²) in [5, 5.41) is 6.97. The maximum Gasteiger partial charge on any atom is 0.194 e. The quantitative estimate of drug-likeness (QED) is 0.855. The SMILES string of the molecule is Cc1nn(C)cc1CNc1cc(F)c(F)c(F)c1. The second-order valence-corrected chi connectivity index (χ2v) is 4.02. The minimum absolute atomic E-state index is 0.189. The number of anilines is 1. The van der Waals surface area contributed by atoms with Crippen molar-refractivity contribution < 1.29 is 13.2 Å². The maximum absolute atomic E-state index is 13.0. The predicted octanol–water partition coefficient (Wildman–Crippen LogP) is 2.76. The van der Waals surface area contributed by atoms with Crippen LogP contribution in [0.25, 0.3) is 0 Å². The van der Waals surface area contributed by atoms with Gasteiger partial charge in [-0.05, 0) is 6.92 Å². The zero-order valence-corrected chi connectivity index (χ0v) is 9.97. The summed E-state index contributed by atoms with van der Waals surface area (Å²) in [4.78, 5) is 0. The van der Waals surface area contributed by atoms with Crippen LogP contribution in [0.4, 0.5) is 18.9 Å². The lowest BCUT2D eigenvalue weighted by molar-refractivity contribution is 0.447. The first-order chi connectivity index (χ1) is 8.47. The molecule has 1 heterocycles. The van der Waals surface area contributed by atoms with Crippen LogP contribution in [0.15, 0.2) is 18.3 Å². The fraction of sp³-hybridized carbons (Fsp3) is 0.250. The molecule has 3 nitrogen and oxygen atoms in total. The Morgan fingerprint density at radius 2 is 1.83 bits per heavy atom. The zero-order chi connectivity index (χ0) is 13.3. The lowest BCUT2D eigenvalue weighted by atomic mass is 10.2. The molecule has 1 aromatic carbocycles. The van der Waals surface area contributed by atoms with Gasteiger partial charge in [-0.2, -0.15) is 5.10 Å². The number of halogens is 3. The number of nitrogens with zero attached hydrogens (tertiary/aromatic N) is 2. The standard InChI is InChI=1S/C12H12F3N3/c1-7-8(6-18(2)17-7)5-16-9-3-10(13)12(15)11(14)4-9/h3-4,6,16H,5H2,1-2H3. The average Bonchev–Trinajstić information content (AvgIpc) is 2.62. The largest absolute Gasteiger partial charge is 0.381 e. The van der Waals surface area contributed by atoms with Crippen LogP contribution in [0.1, 0.15) is 11.3 Å². The Morgan fingerprint density at radius 1 is 1.22 bits per heavy atom. The van der Waals surface area contributed by atoms with Crippen molar-refractivity contribution in [3.63, 3.8) is 0 Å². The minimum atomic E-state index is -1.46. The molecule has 0 aliphatic heterocycles. The Morgan fingerprint density at radius 3 is 2.33 bits per heavy atom. The van der Waals surface area contributed by atoms with Crippen molar-refractivity contribution in [2.75, 3.05) is 5.32 Å². The van der Waals surface area contributed by atoms with Gasteiger partial charge in [-0.3, -0.25) is 4.68 Å². The fourth-order valence-electron chi connectivity index (χ4n) is 1.68. The molecule has 2 aromatic rings. The van der Waals surface area contributed by atoms with E-state index < -0.39 is 17.5 Å². The molecule has 0 saturated heterocycles. The first-order valence-electron chi connectivity index (χ1n) is 5.35. The van der Waals surface area contributed by atoms with Gasteiger partial charge in [0.05, 0.1) is 5.69 Å². The number of hydrogen-bond acceptors (Lipinski definition) is 2. The van der Waals surface area contributed by atoms with E-state index in [4.69, 9.17) is 0 Å². The summed E-state index contributed by atoms with van der Waals surface area (Å²) < 4.78 is 40.4. The molecule has 0 spiro atoms. The van der Waals surface area contributed by atoms with Crippen molar-refractivity contribution in [1.82, 2.24) is 9.78 Å². The van der Waals surface area contributed by atoms with Crippen molar-refractivity contribution in [1.29, 1.82) is 0 Å². The Hall–Kier alpha value is -1.98. The molecule has 2 rings (SSSR count). The van der Waals surface area contributed by atoms with E-state index in [1.165, 1.54) is 0 Å². The third kappa shape index (κ3) is 2.47. The highest BCUT2D eigenvalue weighted by Crippen LogP contribution is 2.18. The average molecular weight is 255 g/mol. The maximum atomic E-state index is 13.0. The zero-order valence-electron chi connectivity index (χ0n) is 9.97.